The van der Waals surface area contributed by atoms with Crippen LogP contribution in [0.2, 0.25) is 5.02 Å². The van der Waals surface area contributed by atoms with Crippen molar-refractivity contribution in [3.05, 3.63) is 27.7 Å². The number of halogens is 3. The van der Waals surface area contributed by atoms with Crippen LogP contribution in [0.25, 0.3) is 0 Å². The van der Waals surface area contributed by atoms with Crippen molar-refractivity contribution in [2.45, 2.75) is 6.92 Å². The fraction of sp³-hybridized carbons (Fsp3) is 0.125. The number of amidine groups is 1. The Morgan fingerprint density at radius 3 is 2.62 bits per heavy atom. The number of benzene rings is 1. The maximum Gasteiger partial charge on any atom is 0.0978 e. The largest absolute Gasteiger partial charge is 0.387 e. The number of hydrogen-bond donors (Lipinski definition) is 1. The molecule has 0 unspecified atom stereocenters. The maximum absolute atomic E-state index is 5.88. The second-order valence-electron chi connectivity index (χ2n) is 2.32. The molecule has 0 radical (unpaired) electrons. The summed E-state index contributed by atoms with van der Waals surface area (Å²) in [6.45, 7) is 1.72. The fourth-order valence-electron chi connectivity index (χ4n) is 0.772. The molecular weight excluding hydrogens is 275 g/mol. The highest BCUT2D eigenvalue weighted by Crippen LogP contribution is 2.32. The minimum Gasteiger partial charge on any atom is -0.387 e. The van der Waals surface area contributed by atoms with Crippen molar-refractivity contribution in [3.63, 3.8) is 0 Å². The molecule has 0 fully saturated rings. The maximum atomic E-state index is 5.88. The summed E-state index contributed by atoms with van der Waals surface area (Å²) < 4.78 is 0.847. The van der Waals surface area contributed by atoms with Gasteiger partial charge in [-0.25, -0.2) is 4.99 Å². The molecule has 0 aliphatic rings. The minimum atomic E-state index is 0. The highest BCUT2D eigenvalue weighted by molar-refractivity contribution is 9.10. The quantitative estimate of drug-likeness (QED) is 0.621. The molecule has 0 aliphatic heterocycles. The SMILES string of the molecule is CC(N)=Nc1c(Cl)cccc1Br.Cl. The van der Waals surface area contributed by atoms with Crippen LogP contribution < -0.4 is 5.73 Å². The zero-order valence-electron chi connectivity index (χ0n) is 6.92. The summed E-state index contributed by atoms with van der Waals surface area (Å²) in [6.07, 6.45) is 0. The van der Waals surface area contributed by atoms with Crippen LogP contribution in [0.3, 0.4) is 0 Å². The van der Waals surface area contributed by atoms with Crippen LogP contribution in [0.15, 0.2) is 27.7 Å². The van der Waals surface area contributed by atoms with Crippen LogP contribution in [0.4, 0.5) is 5.69 Å². The van der Waals surface area contributed by atoms with Crippen molar-refractivity contribution in [2.75, 3.05) is 0 Å². The minimum absolute atomic E-state index is 0. The first kappa shape index (κ1) is 12.8. The third-order valence-electron chi connectivity index (χ3n) is 1.23. The van der Waals surface area contributed by atoms with Crippen LogP contribution in [0.5, 0.6) is 0 Å². The Bertz CT molecular complexity index is 302. The van der Waals surface area contributed by atoms with Crippen molar-refractivity contribution >= 4 is 51.5 Å². The van der Waals surface area contributed by atoms with Crippen LogP contribution in [0.1, 0.15) is 6.92 Å². The van der Waals surface area contributed by atoms with Gasteiger partial charge in [0.2, 0.25) is 0 Å². The van der Waals surface area contributed by atoms with Gasteiger partial charge in [-0.05, 0) is 35.0 Å². The molecule has 5 heteroatoms. The Morgan fingerprint density at radius 2 is 2.15 bits per heavy atom. The summed E-state index contributed by atoms with van der Waals surface area (Å²) in [6, 6.07) is 5.49. The molecule has 0 heterocycles. The van der Waals surface area contributed by atoms with Gasteiger partial charge in [-0.2, -0.15) is 0 Å². The highest BCUT2D eigenvalue weighted by Gasteiger charge is 2.02. The number of nitrogens with zero attached hydrogens (tertiary/aromatic N) is 1. The Balaban J connectivity index is 0.00000144. The van der Waals surface area contributed by atoms with Gasteiger partial charge in [-0.15, -0.1) is 12.4 Å². The third-order valence-corrected chi connectivity index (χ3v) is 2.17. The first-order chi connectivity index (χ1) is 5.61. The average Bonchev–Trinajstić information content (AvgIpc) is 1.97. The van der Waals surface area contributed by atoms with Gasteiger partial charge >= 0.3 is 0 Å². The van der Waals surface area contributed by atoms with Crippen molar-refractivity contribution in [3.8, 4) is 0 Å². The second kappa shape index (κ2) is 5.47. The van der Waals surface area contributed by atoms with Gasteiger partial charge in [-0.3, -0.25) is 0 Å². The molecule has 1 rings (SSSR count). The van der Waals surface area contributed by atoms with Gasteiger partial charge in [0.15, 0.2) is 0 Å². The average molecular weight is 284 g/mol. The predicted molar refractivity (Wildman–Crippen MR) is 63.4 cm³/mol. The molecule has 2 N–H and O–H groups in total. The third kappa shape index (κ3) is 3.55. The van der Waals surface area contributed by atoms with Crippen LogP contribution in [-0.4, -0.2) is 5.84 Å². The lowest BCUT2D eigenvalue weighted by Crippen LogP contribution is -2.03. The van der Waals surface area contributed by atoms with E-state index < -0.39 is 0 Å². The first-order valence-corrected chi connectivity index (χ1v) is 4.53. The molecule has 0 bridgehead atoms. The lowest BCUT2D eigenvalue weighted by Gasteiger charge is -2.00. The highest BCUT2D eigenvalue weighted by atomic mass is 79.9. The van der Waals surface area contributed by atoms with E-state index in [9.17, 15) is 0 Å². The molecule has 0 saturated carbocycles. The number of para-hydroxylation sites is 1. The molecule has 2 nitrogen and oxygen atoms in total. The smallest absolute Gasteiger partial charge is 0.0978 e. The Hall–Kier alpha value is -0.250. The molecule has 0 aromatic heterocycles. The van der Waals surface area contributed by atoms with Crippen LogP contribution >= 0.6 is 39.9 Å². The summed E-state index contributed by atoms with van der Waals surface area (Å²) >= 11 is 9.21. The van der Waals surface area contributed by atoms with Gasteiger partial charge < -0.3 is 5.73 Å². The molecule has 72 valence electrons. The van der Waals surface area contributed by atoms with E-state index in [0.29, 0.717) is 16.5 Å². The van der Waals surface area contributed by atoms with Gasteiger partial charge in [0.05, 0.1) is 16.5 Å². The number of aliphatic imine (C=N–C) groups is 1. The summed E-state index contributed by atoms with van der Waals surface area (Å²) in [5.41, 5.74) is 6.11. The van der Waals surface area contributed by atoms with Gasteiger partial charge in [-0.1, -0.05) is 17.7 Å². The Labute approximate surface area is 96.7 Å². The predicted octanol–water partition coefficient (Wildman–Crippen LogP) is 3.53. The molecule has 0 aliphatic carbocycles. The standard InChI is InChI=1S/C8H8BrClN2.ClH/c1-5(11)12-8-6(9)3-2-4-7(8)10;/h2-4H,1H3,(H2,11,12);1H. The molecule has 1 aromatic rings. The monoisotopic (exact) mass is 282 g/mol. The van der Waals surface area contributed by atoms with Crippen molar-refractivity contribution in [1.82, 2.24) is 0 Å². The zero-order chi connectivity index (χ0) is 9.14. The topological polar surface area (TPSA) is 38.4 Å². The molecule has 0 amide bonds. The Kier molecular flexibility index (Phi) is 5.37. The van der Waals surface area contributed by atoms with Crippen LogP contribution in [0, 0.1) is 0 Å². The second-order valence-corrected chi connectivity index (χ2v) is 3.58. The van der Waals surface area contributed by atoms with E-state index in [1.54, 1.807) is 13.0 Å². The molecule has 0 atom stereocenters. The molecular formula is C8H9BrCl2N2. The summed E-state index contributed by atoms with van der Waals surface area (Å²) in [5, 5.41) is 0.592. The van der Waals surface area contributed by atoms with E-state index in [1.165, 1.54) is 0 Å². The van der Waals surface area contributed by atoms with E-state index in [1.807, 2.05) is 12.1 Å². The molecule has 0 spiro atoms. The normalized spacial score (nSPS) is 10.8. The van der Waals surface area contributed by atoms with Gasteiger partial charge in [0.1, 0.15) is 0 Å². The van der Waals surface area contributed by atoms with Crippen molar-refractivity contribution in [1.29, 1.82) is 0 Å². The number of hydrogen-bond acceptors (Lipinski definition) is 1. The van der Waals surface area contributed by atoms with E-state index in [2.05, 4.69) is 20.9 Å². The van der Waals surface area contributed by atoms with Crippen molar-refractivity contribution < 1.29 is 0 Å². The molecule has 1 aromatic carbocycles. The lowest BCUT2D eigenvalue weighted by molar-refractivity contribution is 1.43. The number of rotatable bonds is 1. The van der Waals surface area contributed by atoms with E-state index in [4.69, 9.17) is 17.3 Å². The summed E-state index contributed by atoms with van der Waals surface area (Å²) in [5.74, 6) is 0.490. The Morgan fingerprint density at radius 1 is 1.54 bits per heavy atom. The van der Waals surface area contributed by atoms with Crippen molar-refractivity contribution in [2.24, 2.45) is 10.7 Å². The molecule has 0 saturated heterocycles. The van der Waals surface area contributed by atoms with E-state index in [-0.39, 0.29) is 12.4 Å². The van der Waals surface area contributed by atoms with E-state index in [0.717, 1.165) is 4.47 Å². The molecule has 13 heavy (non-hydrogen) atoms. The lowest BCUT2D eigenvalue weighted by atomic mass is 10.3. The first-order valence-electron chi connectivity index (χ1n) is 3.36. The van der Waals surface area contributed by atoms with Gasteiger partial charge in [0, 0.05) is 4.47 Å². The van der Waals surface area contributed by atoms with Crippen LogP contribution in [-0.2, 0) is 0 Å². The summed E-state index contributed by atoms with van der Waals surface area (Å²) in [4.78, 5) is 4.07. The van der Waals surface area contributed by atoms with E-state index >= 15 is 0 Å². The summed E-state index contributed by atoms with van der Waals surface area (Å²) in [7, 11) is 0. The van der Waals surface area contributed by atoms with Gasteiger partial charge in [0.25, 0.3) is 0 Å². The fourth-order valence-corrected chi connectivity index (χ4v) is 1.56. The zero-order valence-corrected chi connectivity index (χ0v) is 10.1. The number of nitrogens with two attached hydrogens (primary N) is 1.